The molecule has 5 nitrogen and oxygen atoms in total. The van der Waals surface area contributed by atoms with E-state index in [1.165, 1.54) is 0 Å². The summed E-state index contributed by atoms with van der Waals surface area (Å²) >= 11 is 0. The van der Waals surface area contributed by atoms with Crippen LogP contribution in [0, 0.1) is 13.8 Å². The fourth-order valence-corrected chi connectivity index (χ4v) is 3.09. The summed E-state index contributed by atoms with van der Waals surface area (Å²) in [5.74, 6) is 0.522. The summed E-state index contributed by atoms with van der Waals surface area (Å²) in [6.45, 7) is 3.94. The Morgan fingerprint density at radius 2 is 1.88 bits per heavy atom. The third-order valence-corrected chi connectivity index (χ3v) is 4.52. The molecule has 1 atom stereocenters. The van der Waals surface area contributed by atoms with Crippen LogP contribution in [0.4, 0.5) is 11.4 Å². The van der Waals surface area contributed by atoms with E-state index < -0.39 is 6.04 Å². The normalized spacial score (nSPS) is 16.8. The Bertz CT molecular complexity index is 799. The Kier molecular flexibility index (Phi) is 4.74. The lowest BCUT2D eigenvalue weighted by molar-refractivity contribution is -0.120. The summed E-state index contributed by atoms with van der Waals surface area (Å²) in [7, 11) is 1.59. The molecule has 1 aliphatic rings. The van der Waals surface area contributed by atoms with E-state index in [-0.39, 0.29) is 11.8 Å². The Morgan fingerprint density at radius 1 is 1.16 bits per heavy atom. The van der Waals surface area contributed by atoms with Crippen molar-refractivity contribution in [3.63, 3.8) is 0 Å². The zero-order valence-corrected chi connectivity index (χ0v) is 14.7. The van der Waals surface area contributed by atoms with E-state index in [9.17, 15) is 9.59 Å². The molecule has 0 radical (unpaired) electrons. The van der Waals surface area contributed by atoms with Crippen molar-refractivity contribution in [1.29, 1.82) is 0 Å². The first kappa shape index (κ1) is 17.0. The summed E-state index contributed by atoms with van der Waals surface area (Å²) in [4.78, 5) is 26.7. The lowest BCUT2D eigenvalue weighted by atomic mass is 10.1. The van der Waals surface area contributed by atoms with Crippen LogP contribution in [0.3, 0.4) is 0 Å². The second-order valence-electron chi connectivity index (χ2n) is 6.32. The number of rotatable bonds is 4. The van der Waals surface area contributed by atoms with Crippen LogP contribution < -0.4 is 15.0 Å². The van der Waals surface area contributed by atoms with Gasteiger partial charge in [-0.1, -0.05) is 12.1 Å². The highest BCUT2D eigenvalue weighted by atomic mass is 16.5. The second kappa shape index (κ2) is 6.97. The van der Waals surface area contributed by atoms with Gasteiger partial charge in [-0.05, 0) is 61.7 Å². The van der Waals surface area contributed by atoms with Crippen LogP contribution in [0.2, 0.25) is 0 Å². The van der Waals surface area contributed by atoms with Crippen LogP contribution in [-0.4, -0.2) is 25.0 Å². The van der Waals surface area contributed by atoms with Crippen molar-refractivity contribution < 1.29 is 14.3 Å². The molecule has 2 aromatic carbocycles. The van der Waals surface area contributed by atoms with Gasteiger partial charge in [0, 0.05) is 17.8 Å². The van der Waals surface area contributed by atoms with Crippen molar-refractivity contribution in [3.8, 4) is 5.75 Å². The monoisotopic (exact) mass is 338 g/mol. The zero-order chi connectivity index (χ0) is 18.0. The molecule has 1 aliphatic heterocycles. The first-order valence-electron chi connectivity index (χ1n) is 8.34. The van der Waals surface area contributed by atoms with Crippen molar-refractivity contribution in [2.45, 2.75) is 32.7 Å². The SMILES string of the molecule is COc1ccc(N2C(=O)CCC2C(=O)Nc2cc(C)ccc2C)cc1. The number of benzene rings is 2. The molecular formula is C20H22N2O3. The number of aryl methyl sites for hydroxylation is 2. The predicted octanol–water partition coefficient (Wildman–Crippen LogP) is 3.45. The van der Waals surface area contributed by atoms with Gasteiger partial charge in [-0.15, -0.1) is 0 Å². The average Bonchev–Trinajstić information content (AvgIpc) is 3.00. The second-order valence-corrected chi connectivity index (χ2v) is 6.32. The number of nitrogens with one attached hydrogen (secondary N) is 1. The Hall–Kier alpha value is -2.82. The van der Waals surface area contributed by atoms with Gasteiger partial charge in [-0.3, -0.25) is 14.5 Å². The molecule has 2 amide bonds. The topological polar surface area (TPSA) is 58.6 Å². The summed E-state index contributed by atoms with van der Waals surface area (Å²) in [5.41, 5.74) is 3.58. The third-order valence-electron chi connectivity index (χ3n) is 4.52. The molecule has 0 spiro atoms. The molecule has 3 rings (SSSR count). The van der Waals surface area contributed by atoms with Gasteiger partial charge in [0.25, 0.3) is 0 Å². The van der Waals surface area contributed by atoms with Gasteiger partial charge in [0.2, 0.25) is 11.8 Å². The van der Waals surface area contributed by atoms with Crippen LogP contribution >= 0.6 is 0 Å². The van der Waals surface area contributed by atoms with Crippen LogP contribution in [0.5, 0.6) is 5.75 Å². The minimum absolute atomic E-state index is 0.0359. The van der Waals surface area contributed by atoms with Gasteiger partial charge in [-0.25, -0.2) is 0 Å². The summed E-state index contributed by atoms with van der Waals surface area (Å²) in [5, 5.41) is 2.98. The maximum absolute atomic E-state index is 12.8. The highest BCUT2D eigenvalue weighted by molar-refractivity contribution is 6.07. The third kappa shape index (κ3) is 3.50. The molecule has 2 aromatic rings. The van der Waals surface area contributed by atoms with Gasteiger partial charge in [0.05, 0.1) is 7.11 Å². The van der Waals surface area contributed by atoms with E-state index in [0.29, 0.717) is 24.3 Å². The number of anilines is 2. The molecule has 130 valence electrons. The van der Waals surface area contributed by atoms with Crippen LogP contribution in [0.1, 0.15) is 24.0 Å². The molecular weight excluding hydrogens is 316 g/mol. The molecule has 0 bridgehead atoms. The molecule has 0 aromatic heterocycles. The van der Waals surface area contributed by atoms with E-state index in [1.54, 1.807) is 36.3 Å². The van der Waals surface area contributed by atoms with Gasteiger partial charge in [0.15, 0.2) is 0 Å². The molecule has 1 heterocycles. The van der Waals surface area contributed by atoms with Gasteiger partial charge in [0.1, 0.15) is 11.8 Å². The molecule has 1 unspecified atom stereocenters. The molecule has 0 saturated carbocycles. The summed E-state index contributed by atoms with van der Waals surface area (Å²) < 4.78 is 5.15. The smallest absolute Gasteiger partial charge is 0.247 e. The first-order chi connectivity index (χ1) is 12.0. The molecule has 25 heavy (non-hydrogen) atoms. The maximum atomic E-state index is 12.8. The van der Waals surface area contributed by atoms with Crippen LogP contribution in [0.25, 0.3) is 0 Å². The maximum Gasteiger partial charge on any atom is 0.247 e. The Labute approximate surface area is 147 Å². The lowest BCUT2D eigenvalue weighted by Crippen LogP contribution is -2.41. The molecule has 1 saturated heterocycles. The quantitative estimate of drug-likeness (QED) is 0.929. The predicted molar refractivity (Wildman–Crippen MR) is 98.0 cm³/mol. The molecule has 5 heteroatoms. The minimum atomic E-state index is -0.499. The van der Waals surface area contributed by atoms with E-state index in [1.807, 2.05) is 32.0 Å². The number of hydrogen-bond acceptors (Lipinski definition) is 3. The number of carbonyl (C=O) groups is 2. The lowest BCUT2D eigenvalue weighted by Gasteiger charge is -2.24. The van der Waals surface area contributed by atoms with Crippen molar-refractivity contribution >= 4 is 23.2 Å². The van der Waals surface area contributed by atoms with E-state index >= 15 is 0 Å². The number of ether oxygens (including phenoxy) is 1. The fraction of sp³-hybridized carbons (Fsp3) is 0.300. The van der Waals surface area contributed by atoms with E-state index in [2.05, 4.69) is 5.32 Å². The Balaban J connectivity index is 1.82. The highest BCUT2D eigenvalue weighted by Gasteiger charge is 2.37. The molecule has 1 fully saturated rings. The highest BCUT2D eigenvalue weighted by Crippen LogP contribution is 2.29. The number of carbonyl (C=O) groups excluding carboxylic acids is 2. The fourth-order valence-electron chi connectivity index (χ4n) is 3.09. The summed E-state index contributed by atoms with van der Waals surface area (Å²) in [6, 6.07) is 12.6. The van der Waals surface area contributed by atoms with Gasteiger partial charge in [-0.2, -0.15) is 0 Å². The molecule has 1 N–H and O–H groups in total. The number of nitrogens with zero attached hydrogens (tertiary/aromatic N) is 1. The van der Waals surface area contributed by atoms with E-state index in [0.717, 1.165) is 16.8 Å². The number of hydrogen-bond donors (Lipinski definition) is 1. The van der Waals surface area contributed by atoms with Crippen molar-refractivity contribution in [2.24, 2.45) is 0 Å². The number of amides is 2. The van der Waals surface area contributed by atoms with Crippen molar-refractivity contribution in [3.05, 3.63) is 53.6 Å². The zero-order valence-electron chi connectivity index (χ0n) is 14.7. The Morgan fingerprint density at radius 3 is 2.56 bits per heavy atom. The number of methoxy groups -OCH3 is 1. The van der Waals surface area contributed by atoms with Gasteiger partial charge < -0.3 is 10.1 Å². The van der Waals surface area contributed by atoms with Gasteiger partial charge >= 0.3 is 0 Å². The van der Waals surface area contributed by atoms with E-state index in [4.69, 9.17) is 4.74 Å². The minimum Gasteiger partial charge on any atom is -0.497 e. The van der Waals surface area contributed by atoms with Crippen molar-refractivity contribution in [1.82, 2.24) is 0 Å². The molecule has 0 aliphatic carbocycles. The van der Waals surface area contributed by atoms with Crippen molar-refractivity contribution in [2.75, 3.05) is 17.3 Å². The van der Waals surface area contributed by atoms with Crippen LogP contribution in [0.15, 0.2) is 42.5 Å². The average molecular weight is 338 g/mol. The standard InChI is InChI=1S/C20H22N2O3/c1-13-4-5-14(2)17(12-13)21-20(24)18-10-11-19(23)22(18)15-6-8-16(25-3)9-7-15/h4-9,12,18H,10-11H2,1-3H3,(H,21,24). The van der Waals surface area contributed by atoms with Crippen LogP contribution in [-0.2, 0) is 9.59 Å². The first-order valence-corrected chi connectivity index (χ1v) is 8.34. The summed E-state index contributed by atoms with van der Waals surface area (Å²) in [6.07, 6.45) is 0.887. The largest absolute Gasteiger partial charge is 0.497 e.